The summed E-state index contributed by atoms with van der Waals surface area (Å²) in [7, 11) is 0. The Bertz CT molecular complexity index is 1260. The van der Waals surface area contributed by atoms with Crippen LogP contribution in [0.25, 0.3) is 6.08 Å². The number of benzene rings is 3. The second-order valence-electron chi connectivity index (χ2n) is 8.69. The maximum Gasteiger partial charge on any atom is 0.143 e. The van der Waals surface area contributed by atoms with E-state index >= 15 is 0 Å². The molecule has 0 bridgehead atoms. The molecular formula is C29H29Cl2N3O2. The van der Waals surface area contributed by atoms with Crippen LogP contribution in [0.2, 0.25) is 10.0 Å². The topological polar surface area (TPSA) is 59.3 Å². The maximum atomic E-state index is 11.6. The predicted molar refractivity (Wildman–Crippen MR) is 146 cm³/mol. The molecule has 0 radical (unpaired) electrons. The number of ether oxygens (including phenoxy) is 1. The van der Waals surface area contributed by atoms with Crippen LogP contribution in [0.3, 0.4) is 0 Å². The van der Waals surface area contributed by atoms with E-state index in [1.165, 1.54) is 5.56 Å². The number of hydrogen-bond acceptors (Lipinski definition) is 4. The molecule has 2 N–H and O–H groups in total. The van der Waals surface area contributed by atoms with Gasteiger partial charge >= 0.3 is 0 Å². The van der Waals surface area contributed by atoms with Crippen molar-refractivity contribution in [2.24, 2.45) is 0 Å². The Morgan fingerprint density at radius 3 is 2.56 bits per heavy atom. The fourth-order valence-electron chi connectivity index (χ4n) is 3.94. The molecule has 7 heteroatoms. The summed E-state index contributed by atoms with van der Waals surface area (Å²) in [4.78, 5) is 4.07. The minimum absolute atomic E-state index is 0.00299. The Hall–Kier alpha value is -3.09. The monoisotopic (exact) mass is 521 g/mol. The van der Waals surface area contributed by atoms with Crippen LogP contribution in [0, 0.1) is 0 Å². The van der Waals surface area contributed by atoms with Crippen molar-refractivity contribution in [3.05, 3.63) is 124 Å². The summed E-state index contributed by atoms with van der Waals surface area (Å²) in [5.41, 5.74) is 1.48. The van der Waals surface area contributed by atoms with Crippen LogP contribution in [0.4, 0.5) is 0 Å². The van der Waals surface area contributed by atoms with E-state index in [0.29, 0.717) is 21.4 Å². The summed E-state index contributed by atoms with van der Waals surface area (Å²) in [5, 5.41) is 16.0. The Balaban J connectivity index is 1.37. The molecule has 1 aromatic heterocycles. The molecule has 186 valence electrons. The number of halogens is 2. The molecule has 36 heavy (non-hydrogen) atoms. The molecule has 0 aliphatic heterocycles. The highest BCUT2D eigenvalue weighted by atomic mass is 35.5. The van der Waals surface area contributed by atoms with Crippen molar-refractivity contribution in [1.29, 1.82) is 0 Å². The zero-order valence-corrected chi connectivity index (χ0v) is 21.5. The summed E-state index contributed by atoms with van der Waals surface area (Å²) in [6.07, 6.45) is 9.25. The Morgan fingerprint density at radius 2 is 1.86 bits per heavy atom. The molecule has 2 unspecified atom stereocenters. The van der Waals surface area contributed by atoms with Gasteiger partial charge in [0.2, 0.25) is 0 Å². The summed E-state index contributed by atoms with van der Waals surface area (Å²) in [6, 6.07) is 23.4. The molecule has 0 saturated carbocycles. The van der Waals surface area contributed by atoms with Gasteiger partial charge < -0.3 is 19.7 Å². The average molecular weight is 522 g/mol. The Labute approximate surface area is 222 Å². The summed E-state index contributed by atoms with van der Waals surface area (Å²) >= 11 is 12.5. The van der Waals surface area contributed by atoms with Gasteiger partial charge in [-0.3, -0.25) is 0 Å². The molecule has 2 atom stereocenters. The fraction of sp³-hybridized carbons (Fsp3) is 0.207. The second-order valence-corrected chi connectivity index (χ2v) is 9.54. The van der Waals surface area contributed by atoms with Gasteiger partial charge in [0.05, 0.1) is 12.9 Å². The largest absolute Gasteiger partial charge is 0.490 e. The average Bonchev–Trinajstić information content (AvgIpc) is 3.39. The zero-order chi connectivity index (χ0) is 25.4. The minimum atomic E-state index is -1.39. The highest BCUT2D eigenvalue weighted by Crippen LogP contribution is 2.33. The van der Waals surface area contributed by atoms with Gasteiger partial charge in [-0.25, -0.2) is 4.98 Å². The number of hydrogen-bond donors (Lipinski definition) is 2. The Kier molecular flexibility index (Phi) is 8.83. The number of imidazole rings is 1. The molecule has 0 amide bonds. The third-order valence-electron chi connectivity index (χ3n) is 5.95. The zero-order valence-electron chi connectivity index (χ0n) is 20.0. The van der Waals surface area contributed by atoms with Crippen LogP contribution in [-0.4, -0.2) is 27.8 Å². The van der Waals surface area contributed by atoms with E-state index in [2.05, 4.69) is 53.6 Å². The standard InChI is InChI=1S/C29H29Cl2N3O2/c1-22(24-7-3-2-4-8-24)33-15-5-6-23-9-12-26(13-10-23)36-20-29(35,19-34-17-16-32-21-34)27-14-11-25(30)18-28(27)31/h2-14,16-18,21-22,33,35H,15,19-20H2,1H3/b6-5+. The lowest BCUT2D eigenvalue weighted by molar-refractivity contribution is -0.0242. The lowest BCUT2D eigenvalue weighted by Gasteiger charge is -2.30. The lowest BCUT2D eigenvalue weighted by atomic mass is 9.94. The molecule has 5 nitrogen and oxygen atoms in total. The Morgan fingerprint density at radius 1 is 1.08 bits per heavy atom. The van der Waals surface area contributed by atoms with Gasteiger partial charge in [-0.05, 0) is 42.3 Å². The molecule has 1 heterocycles. The number of rotatable bonds is 11. The second kappa shape index (κ2) is 12.2. The summed E-state index contributed by atoms with van der Waals surface area (Å²) in [6.45, 7) is 3.14. The first-order valence-electron chi connectivity index (χ1n) is 11.7. The van der Waals surface area contributed by atoms with Crippen LogP contribution in [0.1, 0.15) is 29.7 Å². The SMILES string of the molecule is CC(NC/C=C/c1ccc(OCC(O)(Cn2ccnc2)c2ccc(Cl)cc2Cl)cc1)c1ccccc1. The van der Waals surface area contributed by atoms with Gasteiger partial charge in [0.1, 0.15) is 18.0 Å². The first kappa shape index (κ1) is 26.0. The van der Waals surface area contributed by atoms with Crippen LogP contribution in [-0.2, 0) is 12.1 Å². The fourth-order valence-corrected chi connectivity index (χ4v) is 4.52. The van der Waals surface area contributed by atoms with Crippen molar-refractivity contribution in [2.75, 3.05) is 13.2 Å². The van der Waals surface area contributed by atoms with E-state index < -0.39 is 5.60 Å². The number of aliphatic hydroxyl groups is 1. The van der Waals surface area contributed by atoms with Gasteiger partial charge in [0.25, 0.3) is 0 Å². The van der Waals surface area contributed by atoms with Crippen LogP contribution < -0.4 is 10.1 Å². The number of nitrogens with one attached hydrogen (secondary N) is 1. The molecule has 0 saturated heterocycles. The van der Waals surface area contributed by atoms with Gasteiger partial charge in [-0.15, -0.1) is 0 Å². The molecule has 0 aliphatic rings. The molecule has 0 spiro atoms. The van der Waals surface area contributed by atoms with Gasteiger partial charge in [0, 0.05) is 40.6 Å². The molecule has 0 aliphatic carbocycles. The first-order valence-corrected chi connectivity index (χ1v) is 12.5. The third-order valence-corrected chi connectivity index (χ3v) is 6.49. The molecule has 4 rings (SSSR count). The van der Waals surface area contributed by atoms with Crippen molar-refractivity contribution >= 4 is 29.3 Å². The first-order chi connectivity index (χ1) is 17.4. The van der Waals surface area contributed by atoms with Crippen molar-refractivity contribution in [3.63, 3.8) is 0 Å². The van der Waals surface area contributed by atoms with Crippen molar-refractivity contribution in [1.82, 2.24) is 14.9 Å². The smallest absolute Gasteiger partial charge is 0.143 e. The van der Waals surface area contributed by atoms with Gasteiger partial charge in [-0.2, -0.15) is 0 Å². The van der Waals surface area contributed by atoms with E-state index in [1.54, 1.807) is 41.5 Å². The van der Waals surface area contributed by atoms with E-state index in [9.17, 15) is 5.11 Å². The van der Waals surface area contributed by atoms with Gasteiger partial charge in [-0.1, -0.05) is 83.9 Å². The molecule has 0 fully saturated rings. The van der Waals surface area contributed by atoms with E-state index in [0.717, 1.165) is 12.1 Å². The normalized spacial score (nSPS) is 14.0. The summed E-state index contributed by atoms with van der Waals surface area (Å²) < 4.78 is 7.80. The lowest BCUT2D eigenvalue weighted by Crippen LogP contribution is -2.38. The molecule has 4 aromatic rings. The highest BCUT2D eigenvalue weighted by molar-refractivity contribution is 6.35. The quantitative estimate of drug-likeness (QED) is 0.236. The van der Waals surface area contributed by atoms with E-state index in [4.69, 9.17) is 27.9 Å². The third kappa shape index (κ3) is 6.99. The number of nitrogens with zero attached hydrogens (tertiary/aromatic N) is 2. The van der Waals surface area contributed by atoms with Crippen molar-refractivity contribution in [2.45, 2.75) is 25.1 Å². The van der Waals surface area contributed by atoms with E-state index in [1.807, 2.05) is 30.3 Å². The molecule has 3 aromatic carbocycles. The van der Waals surface area contributed by atoms with Crippen molar-refractivity contribution in [3.8, 4) is 5.75 Å². The minimum Gasteiger partial charge on any atom is -0.490 e. The van der Waals surface area contributed by atoms with Crippen LogP contribution in [0.5, 0.6) is 5.75 Å². The summed E-state index contributed by atoms with van der Waals surface area (Å²) in [5.74, 6) is 0.650. The van der Waals surface area contributed by atoms with Crippen molar-refractivity contribution < 1.29 is 9.84 Å². The van der Waals surface area contributed by atoms with Crippen LogP contribution in [0.15, 0.2) is 97.6 Å². The van der Waals surface area contributed by atoms with E-state index in [-0.39, 0.29) is 19.2 Å². The van der Waals surface area contributed by atoms with Gasteiger partial charge in [0.15, 0.2) is 0 Å². The molecular weight excluding hydrogens is 493 g/mol. The van der Waals surface area contributed by atoms with Crippen LogP contribution >= 0.6 is 23.2 Å². The highest BCUT2D eigenvalue weighted by Gasteiger charge is 2.33. The number of aromatic nitrogens is 2. The predicted octanol–water partition coefficient (Wildman–Crippen LogP) is 6.52. The maximum absolute atomic E-state index is 11.6.